The first-order valence-corrected chi connectivity index (χ1v) is 6.67. The van der Waals surface area contributed by atoms with Gasteiger partial charge in [-0.3, -0.25) is 4.79 Å². The van der Waals surface area contributed by atoms with Gasteiger partial charge >= 0.3 is 0 Å². The maximum Gasteiger partial charge on any atom is 0.177 e. The molecule has 88 valence electrons. The molecule has 0 atom stereocenters. The first kappa shape index (κ1) is 12.6. The molecule has 0 aliphatic carbocycles. The van der Waals surface area contributed by atoms with Crippen LogP contribution in [0.15, 0.2) is 30.3 Å². The minimum absolute atomic E-state index is 0.0901. The van der Waals surface area contributed by atoms with Crippen LogP contribution in [0, 0.1) is 6.92 Å². The molecule has 1 nitrogen and oxygen atoms in total. The zero-order valence-corrected chi connectivity index (χ0v) is 11.5. The molecule has 0 saturated heterocycles. The SMILES string of the molecule is Cc1ccc(C(=O)Cc2ccc(Cl)cc2Cl)s1. The number of hydrogen-bond donors (Lipinski definition) is 0. The Kier molecular flexibility index (Phi) is 3.87. The fourth-order valence-electron chi connectivity index (χ4n) is 1.51. The van der Waals surface area contributed by atoms with E-state index < -0.39 is 0 Å². The molecule has 0 bridgehead atoms. The van der Waals surface area contributed by atoms with Crippen LogP contribution in [-0.4, -0.2) is 5.78 Å². The smallest absolute Gasteiger partial charge is 0.177 e. The number of Topliss-reactive ketones (excluding diaryl/α,β-unsaturated/α-hetero) is 1. The Morgan fingerprint density at radius 3 is 2.59 bits per heavy atom. The molecule has 0 aliphatic rings. The minimum Gasteiger partial charge on any atom is -0.293 e. The van der Waals surface area contributed by atoms with Gasteiger partial charge in [0.05, 0.1) is 4.88 Å². The van der Waals surface area contributed by atoms with Crippen LogP contribution in [0.1, 0.15) is 20.1 Å². The second-order valence-corrected chi connectivity index (χ2v) is 5.88. The summed E-state index contributed by atoms with van der Waals surface area (Å²) in [6.45, 7) is 1.98. The topological polar surface area (TPSA) is 17.1 Å². The van der Waals surface area contributed by atoms with Gasteiger partial charge in [-0.25, -0.2) is 0 Å². The number of thiophene rings is 1. The Hall–Kier alpha value is -0.830. The summed E-state index contributed by atoms with van der Waals surface area (Å²) in [6, 6.07) is 9.00. The molecule has 0 aliphatic heterocycles. The van der Waals surface area contributed by atoms with Crippen molar-refractivity contribution >= 4 is 40.3 Å². The number of carbonyl (C=O) groups is 1. The molecule has 0 saturated carbocycles. The first-order valence-electron chi connectivity index (χ1n) is 5.10. The highest BCUT2D eigenvalue weighted by atomic mass is 35.5. The number of hydrogen-bond acceptors (Lipinski definition) is 2. The third kappa shape index (κ3) is 3.09. The van der Waals surface area contributed by atoms with E-state index in [0.29, 0.717) is 16.5 Å². The Morgan fingerprint density at radius 2 is 2.00 bits per heavy atom. The van der Waals surface area contributed by atoms with Gasteiger partial charge in [0.1, 0.15) is 0 Å². The maximum absolute atomic E-state index is 12.0. The largest absolute Gasteiger partial charge is 0.293 e. The zero-order valence-electron chi connectivity index (χ0n) is 9.17. The molecule has 1 aromatic heterocycles. The van der Waals surface area contributed by atoms with Crippen molar-refractivity contribution in [2.75, 3.05) is 0 Å². The molecule has 1 aromatic carbocycles. The van der Waals surface area contributed by atoms with Crippen molar-refractivity contribution in [1.82, 2.24) is 0 Å². The van der Waals surface area contributed by atoms with Gasteiger partial charge in [0.2, 0.25) is 0 Å². The summed E-state index contributed by atoms with van der Waals surface area (Å²) in [5, 5.41) is 1.12. The number of benzene rings is 1. The molecule has 0 fully saturated rings. The van der Waals surface area contributed by atoms with Gasteiger partial charge in [0, 0.05) is 21.3 Å². The standard InChI is InChI=1S/C13H10Cl2OS/c1-8-2-5-13(17-8)12(16)6-9-3-4-10(14)7-11(9)15/h2-5,7H,6H2,1H3. The van der Waals surface area contributed by atoms with E-state index in [9.17, 15) is 4.79 Å². The highest BCUT2D eigenvalue weighted by molar-refractivity contribution is 7.14. The van der Waals surface area contributed by atoms with Crippen molar-refractivity contribution in [1.29, 1.82) is 0 Å². The molecule has 2 rings (SSSR count). The van der Waals surface area contributed by atoms with E-state index in [0.717, 1.165) is 15.3 Å². The zero-order chi connectivity index (χ0) is 12.4. The van der Waals surface area contributed by atoms with E-state index >= 15 is 0 Å². The third-order valence-electron chi connectivity index (χ3n) is 2.38. The molecule has 0 unspecified atom stereocenters. The third-order valence-corrected chi connectivity index (χ3v) is 4.01. The van der Waals surface area contributed by atoms with Crippen molar-refractivity contribution in [3.8, 4) is 0 Å². The fraction of sp³-hybridized carbons (Fsp3) is 0.154. The first-order chi connectivity index (χ1) is 8.06. The Balaban J connectivity index is 2.18. The normalized spacial score (nSPS) is 10.5. The Morgan fingerprint density at radius 1 is 1.24 bits per heavy atom. The molecule has 1 heterocycles. The van der Waals surface area contributed by atoms with Gasteiger partial charge in [-0.1, -0.05) is 29.3 Å². The van der Waals surface area contributed by atoms with Crippen LogP contribution in [0.2, 0.25) is 10.0 Å². The maximum atomic E-state index is 12.0. The van der Waals surface area contributed by atoms with Crippen molar-refractivity contribution in [2.24, 2.45) is 0 Å². The van der Waals surface area contributed by atoms with E-state index in [-0.39, 0.29) is 5.78 Å². The average Bonchev–Trinajstić information content (AvgIpc) is 2.69. The van der Waals surface area contributed by atoms with Gasteiger partial charge in [0.25, 0.3) is 0 Å². The van der Waals surface area contributed by atoms with Crippen LogP contribution in [0.4, 0.5) is 0 Å². The second-order valence-electron chi connectivity index (χ2n) is 3.75. The molecule has 0 spiro atoms. The van der Waals surface area contributed by atoms with Gasteiger partial charge in [-0.05, 0) is 36.8 Å². The van der Waals surface area contributed by atoms with E-state index in [2.05, 4.69) is 0 Å². The Bertz CT molecular complexity index is 560. The highest BCUT2D eigenvalue weighted by Crippen LogP contribution is 2.24. The number of ketones is 1. The monoisotopic (exact) mass is 284 g/mol. The predicted octanol–water partition coefficient (Wildman–Crippen LogP) is 4.79. The number of rotatable bonds is 3. The Labute approximate surface area is 114 Å². The van der Waals surface area contributed by atoms with Crippen LogP contribution in [0.5, 0.6) is 0 Å². The van der Waals surface area contributed by atoms with Crippen LogP contribution in [0.25, 0.3) is 0 Å². The molecule has 0 radical (unpaired) electrons. The number of halogens is 2. The number of carbonyl (C=O) groups excluding carboxylic acids is 1. The lowest BCUT2D eigenvalue weighted by molar-refractivity contribution is 0.0997. The fourth-order valence-corrected chi connectivity index (χ4v) is 2.79. The molecular weight excluding hydrogens is 275 g/mol. The molecule has 17 heavy (non-hydrogen) atoms. The van der Waals surface area contributed by atoms with Gasteiger partial charge < -0.3 is 0 Å². The van der Waals surface area contributed by atoms with Crippen molar-refractivity contribution in [2.45, 2.75) is 13.3 Å². The summed E-state index contributed by atoms with van der Waals surface area (Å²) < 4.78 is 0. The average molecular weight is 285 g/mol. The molecule has 2 aromatic rings. The predicted molar refractivity (Wildman–Crippen MR) is 73.6 cm³/mol. The van der Waals surface area contributed by atoms with Crippen LogP contribution < -0.4 is 0 Å². The molecule has 0 amide bonds. The summed E-state index contributed by atoms with van der Waals surface area (Å²) >= 11 is 13.3. The van der Waals surface area contributed by atoms with Crippen LogP contribution in [-0.2, 0) is 6.42 Å². The van der Waals surface area contributed by atoms with E-state index in [1.54, 1.807) is 18.2 Å². The second kappa shape index (κ2) is 5.21. The van der Waals surface area contributed by atoms with Crippen LogP contribution >= 0.6 is 34.5 Å². The summed E-state index contributed by atoms with van der Waals surface area (Å²) in [5.41, 5.74) is 0.812. The highest BCUT2D eigenvalue weighted by Gasteiger charge is 2.11. The van der Waals surface area contributed by atoms with E-state index in [1.165, 1.54) is 11.3 Å². The summed E-state index contributed by atoms with van der Waals surface area (Å²) in [6.07, 6.45) is 0.315. The quantitative estimate of drug-likeness (QED) is 0.741. The minimum atomic E-state index is 0.0901. The van der Waals surface area contributed by atoms with Crippen molar-refractivity contribution in [3.05, 3.63) is 55.7 Å². The van der Waals surface area contributed by atoms with Gasteiger partial charge in [0.15, 0.2) is 5.78 Å². The summed E-state index contributed by atoms with van der Waals surface area (Å²) in [7, 11) is 0. The van der Waals surface area contributed by atoms with Crippen molar-refractivity contribution in [3.63, 3.8) is 0 Å². The number of aryl methyl sites for hydroxylation is 1. The van der Waals surface area contributed by atoms with Crippen molar-refractivity contribution < 1.29 is 4.79 Å². The lowest BCUT2D eigenvalue weighted by Gasteiger charge is -2.02. The molecular formula is C13H10Cl2OS. The van der Waals surface area contributed by atoms with Gasteiger partial charge in [-0.2, -0.15) is 0 Å². The summed E-state index contributed by atoms with van der Waals surface area (Å²) in [4.78, 5) is 13.9. The lowest BCUT2D eigenvalue weighted by Crippen LogP contribution is -2.01. The lowest BCUT2D eigenvalue weighted by atomic mass is 10.1. The van der Waals surface area contributed by atoms with E-state index in [4.69, 9.17) is 23.2 Å². The van der Waals surface area contributed by atoms with Crippen LogP contribution in [0.3, 0.4) is 0 Å². The van der Waals surface area contributed by atoms with E-state index in [1.807, 2.05) is 19.1 Å². The van der Waals surface area contributed by atoms with Gasteiger partial charge in [-0.15, -0.1) is 11.3 Å². The molecule has 0 N–H and O–H groups in total. The summed E-state index contributed by atoms with van der Waals surface area (Å²) in [5.74, 6) is 0.0901. The molecule has 4 heteroatoms.